The number of sulfonamides is 1. The van der Waals surface area contributed by atoms with Crippen LogP contribution in [-0.4, -0.2) is 71.7 Å². The Kier molecular flexibility index (Phi) is 7.36. The molecule has 2 aliphatic rings. The van der Waals surface area contributed by atoms with Crippen LogP contribution in [0.1, 0.15) is 12.8 Å². The van der Waals surface area contributed by atoms with Crippen molar-refractivity contribution in [3.63, 3.8) is 0 Å². The molecule has 1 amide bonds. The monoisotopic (exact) mass is 474 g/mol. The highest BCUT2D eigenvalue weighted by atomic mass is 32.2. The van der Waals surface area contributed by atoms with Gasteiger partial charge in [0, 0.05) is 37.9 Å². The SMILES string of the molecule is COc1cccc(NC(=O)CNc2cc(S(=O)(=O)N3CCOCC3)ccc2N2CCCC2)c1. The van der Waals surface area contributed by atoms with Crippen LogP contribution in [-0.2, 0) is 19.6 Å². The lowest BCUT2D eigenvalue weighted by atomic mass is 10.2. The smallest absolute Gasteiger partial charge is 0.243 e. The summed E-state index contributed by atoms with van der Waals surface area (Å²) in [5, 5.41) is 6.00. The Balaban J connectivity index is 1.52. The minimum Gasteiger partial charge on any atom is -0.497 e. The molecule has 0 aliphatic carbocycles. The minimum absolute atomic E-state index is 0.000888. The third kappa shape index (κ3) is 5.58. The Hall–Kier alpha value is -2.82. The van der Waals surface area contributed by atoms with Crippen LogP contribution in [0, 0.1) is 0 Å². The highest BCUT2D eigenvalue weighted by molar-refractivity contribution is 7.89. The largest absolute Gasteiger partial charge is 0.497 e. The topological polar surface area (TPSA) is 100 Å². The molecule has 0 atom stereocenters. The van der Waals surface area contributed by atoms with E-state index in [0.29, 0.717) is 43.4 Å². The number of ether oxygens (including phenoxy) is 2. The highest BCUT2D eigenvalue weighted by Gasteiger charge is 2.28. The first kappa shape index (κ1) is 23.3. The van der Waals surface area contributed by atoms with E-state index in [1.54, 1.807) is 43.5 Å². The van der Waals surface area contributed by atoms with E-state index in [2.05, 4.69) is 15.5 Å². The van der Waals surface area contributed by atoms with E-state index in [-0.39, 0.29) is 17.3 Å². The second kappa shape index (κ2) is 10.4. The lowest BCUT2D eigenvalue weighted by Gasteiger charge is -2.27. The number of nitrogens with zero attached hydrogens (tertiary/aromatic N) is 2. The fraction of sp³-hybridized carbons (Fsp3) is 0.435. The Morgan fingerprint density at radius 2 is 1.82 bits per heavy atom. The zero-order valence-corrected chi connectivity index (χ0v) is 19.6. The Morgan fingerprint density at radius 1 is 1.06 bits per heavy atom. The summed E-state index contributed by atoms with van der Waals surface area (Å²) < 4.78 is 38.2. The number of methoxy groups -OCH3 is 1. The lowest BCUT2D eigenvalue weighted by Crippen LogP contribution is -2.40. The summed E-state index contributed by atoms with van der Waals surface area (Å²) >= 11 is 0. The van der Waals surface area contributed by atoms with Gasteiger partial charge in [0.2, 0.25) is 15.9 Å². The molecule has 178 valence electrons. The first-order valence-corrected chi connectivity index (χ1v) is 12.6. The number of anilines is 3. The molecule has 2 saturated heterocycles. The van der Waals surface area contributed by atoms with Crippen LogP contribution in [0.4, 0.5) is 17.1 Å². The summed E-state index contributed by atoms with van der Waals surface area (Å²) in [5.74, 6) is 0.412. The summed E-state index contributed by atoms with van der Waals surface area (Å²) in [6, 6.07) is 12.2. The summed E-state index contributed by atoms with van der Waals surface area (Å²) in [4.78, 5) is 15.0. The van der Waals surface area contributed by atoms with Crippen LogP contribution in [0.2, 0.25) is 0 Å². The van der Waals surface area contributed by atoms with Crippen LogP contribution >= 0.6 is 0 Å². The molecule has 0 saturated carbocycles. The number of carbonyl (C=O) groups excluding carboxylic acids is 1. The molecule has 2 N–H and O–H groups in total. The predicted molar refractivity (Wildman–Crippen MR) is 128 cm³/mol. The van der Waals surface area contributed by atoms with E-state index in [1.807, 2.05) is 6.07 Å². The fourth-order valence-electron chi connectivity index (χ4n) is 4.07. The minimum atomic E-state index is -3.64. The molecular weight excluding hydrogens is 444 g/mol. The molecule has 9 nitrogen and oxygen atoms in total. The maximum atomic E-state index is 13.1. The van der Waals surface area contributed by atoms with E-state index >= 15 is 0 Å². The molecule has 2 heterocycles. The molecular formula is C23H30N4O5S. The fourth-order valence-corrected chi connectivity index (χ4v) is 5.50. The van der Waals surface area contributed by atoms with E-state index in [9.17, 15) is 13.2 Å². The number of rotatable bonds is 8. The van der Waals surface area contributed by atoms with Crippen molar-refractivity contribution in [1.82, 2.24) is 4.31 Å². The Bertz CT molecular complexity index is 1080. The normalized spacial score (nSPS) is 17.1. The molecule has 2 aromatic rings. The van der Waals surface area contributed by atoms with E-state index in [4.69, 9.17) is 9.47 Å². The maximum absolute atomic E-state index is 13.1. The van der Waals surface area contributed by atoms with E-state index in [0.717, 1.165) is 31.6 Å². The maximum Gasteiger partial charge on any atom is 0.243 e. The molecule has 2 fully saturated rings. The summed E-state index contributed by atoms with van der Waals surface area (Å²) in [5.41, 5.74) is 2.17. The summed E-state index contributed by atoms with van der Waals surface area (Å²) in [7, 11) is -2.07. The molecule has 0 spiro atoms. The first-order chi connectivity index (χ1) is 16.0. The Labute approximate surface area is 194 Å². The zero-order chi connectivity index (χ0) is 23.3. The molecule has 0 unspecified atom stereocenters. The molecule has 4 rings (SSSR count). The number of nitrogens with one attached hydrogen (secondary N) is 2. The van der Waals surface area contributed by atoms with Crippen molar-refractivity contribution < 1.29 is 22.7 Å². The van der Waals surface area contributed by atoms with Crippen molar-refractivity contribution in [1.29, 1.82) is 0 Å². The Morgan fingerprint density at radius 3 is 2.55 bits per heavy atom. The molecule has 2 aromatic carbocycles. The van der Waals surface area contributed by atoms with Gasteiger partial charge in [-0.25, -0.2) is 8.42 Å². The summed E-state index contributed by atoms with van der Waals surface area (Å²) in [6.07, 6.45) is 2.17. The second-order valence-corrected chi connectivity index (χ2v) is 9.96. The van der Waals surface area contributed by atoms with Crippen molar-refractivity contribution in [3.8, 4) is 5.75 Å². The quantitative estimate of drug-likeness (QED) is 0.606. The number of hydrogen-bond donors (Lipinski definition) is 2. The van der Waals surface area contributed by atoms with Crippen LogP contribution in [0.25, 0.3) is 0 Å². The second-order valence-electron chi connectivity index (χ2n) is 8.02. The van der Waals surface area contributed by atoms with Crippen LogP contribution in [0.5, 0.6) is 5.75 Å². The number of benzene rings is 2. The van der Waals surface area contributed by atoms with Gasteiger partial charge in [-0.2, -0.15) is 4.31 Å². The van der Waals surface area contributed by atoms with Crippen molar-refractivity contribution in [3.05, 3.63) is 42.5 Å². The van der Waals surface area contributed by atoms with E-state index < -0.39 is 10.0 Å². The van der Waals surface area contributed by atoms with Gasteiger partial charge in [0.1, 0.15) is 5.75 Å². The number of hydrogen-bond acceptors (Lipinski definition) is 7. The first-order valence-electron chi connectivity index (χ1n) is 11.1. The average molecular weight is 475 g/mol. The van der Waals surface area contributed by atoms with Crippen molar-refractivity contribution in [2.45, 2.75) is 17.7 Å². The van der Waals surface area contributed by atoms with Crippen LogP contribution in [0.3, 0.4) is 0 Å². The predicted octanol–water partition coefficient (Wildman–Crippen LogP) is 2.37. The summed E-state index contributed by atoms with van der Waals surface area (Å²) in [6.45, 7) is 3.25. The third-order valence-electron chi connectivity index (χ3n) is 5.82. The molecule has 2 aliphatic heterocycles. The third-order valence-corrected chi connectivity index (χ3v) is 7.71. The van der Waals surface area contributed by atoms with Gasteiger partial charge in [-0.05, 0) is 43.2 Å². The number of carbonyl (C=O) groups is 1. The van der Waals surface area contributed by atoms with Crippen molar-refractivity contribution >= 4 is 33.0 Å². The van der Waals surface area contributed by atoms with Gasteiger partial charge in [-0.15, -0.1) is 0 Å². The molecule has 0 bridgehead atoms. The lowest BCUT2D eigenvalue weighted by molar-refractivity contribution is -0.114. The van der Waals surface area contributed by atoms with Gasteiger partial charge < -0.3 is 25.0 Å². The van der Waals surface area contributed by atoms with Crippen molar-refractivity contribution in [2.24, 2.45) is 0 Å². The van der Waals surface area contributed by atoms with Gasteiger partial charge >= 0.3 is 0 Å². The van der Waals surface area contributed by atoms with Gasteiger partial charge in [0.05, 0.1) is 43.1 Å². The van der Waals surface area contributed by atoms with Gasteiger partial charge in [0.15, 0.2) is 0 Å². The molecule has 0 aromatic heterocycles. The van der Waals surface area contributed by atoms with Gasteiger partial charge in [0.25, 0.3) is 0 Å². The highest BCUT2D eigenvalue weighted by Crippen LogP contribution is 2.32. The van der Waals surface area contributed by atoms with Crippen molar-refractivity contribution in [2.75, 3.05) is 68.6 Å². The van der Waals surface area contributed by atoms with Gasteiger partial charge in [-0.3, -0.25) is 4.79 Å². The molecule has 10 heteroatoms. The standard InChI is InChI=1S/C23H30N4O5S/c1-31-19-6-4-5-18(15-19)25-23(28)17-24-21-16-20(7-8-22(21)26-9-2-3-10-26)33(29,30)27-11-13-32-14-12-27/h4-8,15-16,24H,2-3,9-14,17H2,1H3,(H,25,28). The van der Waals surface area contributed by atoms with Crippen LogP contribution < -0.4 is 20.3 Å². The number of morpholine rings is 1. The zero-order valence-electron chi connectivity index (χ0n) is 18.7. The number of amides is 1. The molecule has 0 radical (unpaired) electrons. The van der Waals surface area contributed by atoms with Crippen LogP contribution in [0.15, 0.2) is 47.4 Å². The average Bonchev–Trinajstić information content (AvgIpc) is 3.38. The van der Waals surface area contributed by atoms with Gasteiger partial charge in [-0.1, -0.05) is 6.07 Å². The molecule has 33 heavy (non-hydrogen) atoms. The van der Waals surface area contributed by atoms with E-state index in [1.165, 1.54) is 4.31 Å².